The number of nitrogens with two attached hydrogens (primary N) is 1. The molecule has 1 aromatic heterocycles. The molecule has 3 N–H and O–H groups in total. The Morgan fingerprint density at radius 2 is 2.00 bits per heavy atom. The van der Waals surface area contributed by atoms with Gasteiger partial charge in [-0.25, -0.2) is 0 Å². The van der Waals surface area contributed by atoms with Crippen LogP contribution in [-0.4, -0.2) is 35.3 Å². The number of hydrogen-bond donors (Lipinski definition) is 2. The normalized spacial score (nSPS) is 17.1. The lowest BCUT2D eigenvalue weighted by molar-refractivity contribution is -0.119. The van der Waals surface area contributed by atoms with E-state index in [0.717, 1.165) is 18.4 Å². The van der Waals surface area contributed by atoms with Crippen LogP contribution in [-0.2, 0) is 9.53 Å². The van der Waals surface area contributed by atoms with E-state index in [0.29, 0.717) is 24.7 Å². The van der Waals surface area contributed by atoms with E-state index >= 15 is 0 Å². The average molecular weight is 302 g/mol. The number of carbonyl (C=O) groups excluding carboxylic acids is 1. The standard InChI is InChI=1S/C15H18N4O3/c16-13(10-5-7-21-8-6-10)15(20)18-12-3-1-11(2-4-12)14-17-9-22-19-14/h1-4,9-10,13H,5-8,16H2,(H,18,20). The Kier molecular flexibility index (Phi) is 4.45. The van der Waals surface area contributed by atoms with Crippen LogP contribution in [0.4, 0.5) is 5.69 Å². The maximum Gasteiger partial charge on any atom is 0.241 e. The van der Waals surface area contributed by atoms with Gasteiger partial charge < -0.3 is 20.3 Å². The van der Waals surface area contributed by atoms with Crippen molar-refractivity contribution in [3.63, 3.8) is 0 Å². The van der Waals surface area contributed by atoms with E-state index in [-0.39, 0.29) is 11.8 Å². The van der Waals surface area contributed by atoms with E-state index < -0.39 is 6.04 Å². The summed E-state index contributed by atoms with van der Waals surface area (Å²) in [6.45, 7) is 1.34. The van der Waals surface area contributed by atoms with Gasteiger partial charge in [-0.1, -0.05) is 5.16 Å². The van der Waals surface area contributed by atoms with E-state index in [9.17, 15) is 4.79 Å². The molecule has 0 bridgehead atoms. The molecule has 1 fully saturated rings. The number of rotatable bonds is 4. The highest BCUT2D eigenvalue weighted by Gasteiger charge is 2.26. The molecular weight excluding hydrogens is 284 g/mol. The van der Waals surface area contributed by atoms with Gasteiger partial charge in [-0.3, -0.25) is 4.79 Å². The Morgan fingerprint density at radius 1 is 1.27 bits per heavy atom. The summed E-state index contributed by atoms with van der Waals surface area (Å²) in [6.07, 6.45) is 2.93. The highest BCUT2D eigenvalue weighted by molar-refractivity contribution is 5.95. The number of benzene rings is 1. The second-order valence-electron chi connectivity index (χ2n) is 5.30. The van der Waals surface area contributed by atoms with Crippen molar-refractivity contribution in [1.29, 1.82) is 0 Å². The summed E-state index contributed by atoms with van der Waals surface area (Å²) in [6, 6.07) is 6.71. The molecule has 7 nitrogen and oxygen atoms in total. The maximum atomic E-state index is 12.2. The quantitative estimate of drug-likeness (QED) is 0.885. The second kappa shape index (κ2) is 6.67. The van der Waals surface area contributed by atoms with Crippen molar-refractivity contribution in [3.05, 3.63) is 30.7 Å². The monoisotopic (exact) mass is 302 g/mol. The van der Waals surface area contributed by atoms with E-state index in [4.69, 9.17) is 15.0 Å². The van der Waals surface area contributed by atoms with Gasteiger partial charge in [0.2, 0.25) is 18.1 Å². The third-order valence-electron chi connectivity index (χ3n) is 3.85. The van der Waals surface area contributed by atoms with Gasteiger partial charge in [0.25, 0.3) is 0 Å². The smallest absolute Gasteiger partial charge is 0.241 e. The summed E-state index contributed by atoms with van der Waals surface area (Å²) < 4.78 is 9.99. The molecule has 1 aromatic carbocycles. The highest BCUT2D eigenvalue weighted by atomic mass is 16.5. The van der Waals surface area contributed by atoms with Crippen LogP contribution in [0.2, 0.25) is 0 Å². The lowest BCUT2D eigenvalue weighted by atomic mass is 9.92. The van der Waals surface area contributed by atoms with Gasteiger partial charge in [0.15, 0.2) is 0 Å². The number of anilines is 1. The summed E-state index contributed by atoms with van der Waals surface area (Å²) in [4.78, 5) is 16.2. The Bertz CT molecular complexity index is 606. The molecule has 1 saturated heterocycles. The maximum absolute atomic E-state index is 12.2. The number of amides is 1. The van der Waals surface area contributed by atoms with E-state index in [1.165, 1.54) is 6.39 Å². The molecule has 0 saturated carbocycles. The Hall–Kier alpha value is -2.25. The third kappa shape index (κ3) is 3.32. The van der Waals surface area contributed by atoms with Crippen molar-refractivity contribution in [2.45, 2.75) is 18.9 Å². The first kappa shape index (κ1) is 14.7. The second-order valence-corrected chi connectivity index (χ2v) is 5.30. The summed E-state index contributed by atoms with van der Waals surface area (Å²) in [5, 5.41) is 6.60. The van der Waals surface area contributed by atoms with Gasteiger partial charge in [0.05, 0.1) is 6.04 Å². The molecule has 2 aromatic rings. The zero-order chi connectivity index (χ0) is 15.4. The van der Waals surface area contributed by atoms with Crippen LogP contribution < -0.4 is 11.1 Å². The third-order valence-corrected chi connectivity index (χ3v) is 3.85. The van der Waals surface area contributed by atoms with Gasteiger partial charge in [-0.05, 0) is 43.0 Å². The summed E-state index contributed by atoms with van der Waals surface area (Å²) in [5.41, 5.74) is 7.56. The van der Waals surface area contributed by atoms with Crippen LogP contribution in [0.25, 0.3) is 11.4 Å². The fourth-order valence-corrected chi connectivity index (χ4v) is 2.52. The first-order valence-corrected chi connectivity index (χ1v) is 7.25. The van der Waals surface area contributed by atoms with Gasteiger partial charge in [-0.15, -0.1) is 0 Å². The number of carbonyl (C=O) groups is 1. The predicted octanol–water partition coefficient (Wildman–Crippen LogP) is 1.43. The SMILES string of the molecule is NC(C(=O)Nc1ccc(-c2ncon2)cc1)C1CCOCC1. The Labute approximate surface area is 127 Å². The van der Waals surface area contributed by atoms with Gasteiger partial charge in [0.1, 0.15) is 0 Å². The minimum absolute atomic E-state index is 0.167. The Morgan fingerprint density at radius 3 is 2.64 bits per heavy atom. The summed E-state index contributed by atoms with van der Waals surface area (Å²) in [5.74, 6) is 0.517. The molecule has 0 radical (unpaired) electrons. The minimum Gasteiger partial charge on any atom is -0.381 e. The average Bonchev–Trinajstić information content (AvgIpc) is 3.10. The zero-order valence-corrected chi connectivity index (χ0v) is 12.1. The molecule has 1 unspecified atom stereocenters. The lowest BCUT2D eigenvalue weighted by Gasteiger charge is -2.26. The molecule has 1 amide bonds. The van der Waals surface area contributed by atoms with E-state index in [2.05, 4.69) is 15.5 Å². The van der Waals surface area contributed by atoms with Crippen LogP contribution in [0.1, 0.15) is 12.8 Å². The first-order chi connectivity index (χ1) is 10.7. The molecule has 1 aliphatic rings. The van der Waals surface area contributed by atoms with Crippen molar-refractivity contribution < 1.29 is 14.1 Å². The molecule has 1 aliphatic heterocycles. The van der Waals surface area contributed by atoms with Gasteiger partial charge in [0, 0.05) is 24.5 Å². The van der Waals surface area contributed by atoms with Gasteiger partial charge >= 0.3 is 0 Å². The van der Waals surface area contributed by atoms with Crippen LogP contribution in [0, 0.1) is 5.92 Å². The molecule has 2 heterocycles. The summed E-state index contributed by atoms with van der Waals surface area (Å²) >= 11 is 0. The van der Waals surface area contributed by atoms with Crippen molar-refractivity contribution in [1.82, 2.24) is 10.1 Å². The fraction of sp³-hybridized carbons (Fsp3) is 0.400. The predicted molar refractivity (Wildman–Crippen MR) is 79.9 cm³/mol. The Balaban J connectivity index is 1.61. The molecule has 3 rings (SSSR count). The van der Waals surface area contributed by atoms with Crippen molar-refractivity contribution >= 4 is 11.6 Å². The first-order valence-electron chi connectivity index (χ1n) is 7.25. The number of nitrogens with zero attached hydrogens (tertiary/aromatic N) is 2. The largest absolute Gasteiger partial charge is 0.381 e. The zero-order valence-electron chi connectivity index (χ0n) is 12.1. The molecule has 116 valence electrons. The topological polar surface area (TPSA) is 103 Å². The number of aromatic nitrogens is 2. The molecular formula is C15H18N4O3. The lowest BCUT2D eigenvalue weighted by Crippen LogP contribution is -2.43. The van der Waals surface area contributed by atoms with Crippen molar-refractivity contribution in [2.24, 2.45) is 11.7 Å². The van der Waals surface area contributed by atoms with Crippen molar-refractivity contribution in [3.8, 4) is 11.4 Å². The minimum atomic E-state index is -0.513. The number of hydrogen-bond acceptors (Lipinski definition) is 6. The van der Waals surface area contributed by atoms with Crippen LogP contribution in [0.3, 0.4) is 0 Å². The molecule has 1 atom stereocenters. The fourth-order valence-electron chi connectivity index (χ4n) is 2.52. The summed E-state index contributed by atoms with van der Waals surface area (Å²) in [7, 11) is 0. The highest BCUT2D eigenvalue weighted by Crippen LogP contribution is 2.20. The van der Waals surface area contributed by atoms with Crippen LogP contribution >= 0.6 is 0 Å². The molecule has 7 heteroatoms. The molecule has 22 heavy (non-hydrogen) atoms. The van der Waals surface area contributed by atoms with Crippen molar-refractivity contribution in [2.75, 3.05) is 18.5 Å². The van der Waals surface area contributed by atoms with E-state index in [1.807, 2.05) is 12.1 Å². The number of nitrogens with one attached hydrogen (secondary N) is 1. The van der Waals surface area contributed by atoms with Crippen LogP contribution in [0.15, 0.2) is 35.2 Å². The van der Waals surface area contributed by atoms with Gasteiger partial charge in [-0.2, -0.15) is 4.98 Å². The van der Waals surface area contributed by atoms with E-state index in [1.54, 1.807) is 12.1 Å². The van der Waals surface area contributed by atoms with Crippen LogP contribution in [0.5, 0.6) is 0 Å². The molecule has 0 spiro atoms. The molecule has 0 aliphatic carbocycles. The number of ether oxygens (including phenoxy) is 1.